The Labute approximate surface area is 161 Å². The second-order valence-electron chi connectivity index (χ2n) is 6.85. The predicted molar refractivity (Wildman–Crippen MR) is 110 cm³/mol. The minimum Gasteiger partial charge on any atom is -0.383 e. The van der Waals surface area contributed by atoms with E-state index in [0.717, 1.165) is 23.2 Å². The van der Waals surface area contributed by atoms with Crippen molar-refractivity contribution in [2.75, 3.05) is 5.32 Å². The summed E-state index contributed by atoms with van der Waals surface area (Å²) in [5, 5.41) is 15.4. The van der Waals surface area contributed by atoms with E-state index in [1.165, 1.54) is 11.8 Å². The van der Waals surface area contributed by atoms with Gasteiger partial charge in [0.25, 0.3) is 5.91 Å². The van der Waals surface area contributed by atoms with Crippen LogP contribution in [-0.2, 0) is 11.2 Å². The molecule has 0 saturated heterocycles. The van der Waals surface area contributed by atoms with Crippen LogP contribution in [0.3, 0.4) is 0 Å². The molecule has 4 heteroatoms. The SMILES string of the molecule is CCc1ccc(C(C)N/C=C(/C#N)C(=O)Nc2ccccc2C(C)C)cc1. The highest BCUT2D eigenvalue weighted by Crippen LogP contribution is 2.24. The van der Waals surface area contributed by atoms with Crippen molar-refractivity contribution in [3.05, 3.63) is 77.0 Å². The van der Waals surface area contributed by atoms with E-state index in [9.17, 15) is 10.1 Å². The van der Waals surface area contributed by atoms with Crippen LogP contribution in [0.15, 0.2) is 60.3 Å². The molecule has 4 nitrogen and oxygen atoms in total. The average Bonchev–Trinajstić information content (AvgIpc) is 2.68. The van der Waals surface area contributed by atoms with Crippen LogP contribution in [0.4, 0.5) is 5.69 Å². The number of amides is 1. The predicted octanol–water partition coefficient (Wildman–Crippen LogP) is 5.07. The molecule has 1 unspecified atom stereocenters. The first-order valence-corrected chi connectivity index (χ1v) is 9.31. The Morgan fingerprint density at radius 2 is 1.78 bits per heavy atom. The summed E-state index contributed by atoms with van der Waals surface area (Å²) in [5.41, 5.74) is 4.21. The van der Waals surface area contributed by atoms with Crippen LogP contribution in [0.5, 0.6) is 0 Å². The van der Waals surface area contributed by atoms with Gasteiger partial charge >= 0.3 is 0 Å². The lowest BCUT2D eigenvalue weighted by molar-refractivity contribution is -0.112. The number of carbonyl (C=O) groups excluding carboxylic acids is 1. The molecular formula is C23H27N3O. The van der Waals surface area contributed by atoms with E-state index in [4.69, 9.17) is 0 Å². The molecule has 2 rings (SSSR count). The van der Waals surface area contributed by atoms with Gasteiger partial charge in [-0.15, -0.1) is 0 Å². The fourth-order valence-corrected chi connectivity index (χ4v) is 2.80. The zero-order chi connectivity index (χ0) is 19.8. The third kappa shape index (κ3) is 5.46. The third-order valence-electron chi connectivity index (χ3n) is 4.56. The molecule has 1 atom stereocenters. The Balaban J connectivity index is 2.09. The molecule has 0 aliphatic carbocycles. The Hall–Kier alpha value is -3.06. The van der Waals surface area contributed by atoms with Crippen molar-refractivity contribution in [2.45, 2.75) is 46.1 Å². The van der Waals surface area contributed by atoms with Crippen molar-refractivity contribution in [3.63, 3.8) is 0 Å². The highest BCUT2D eigenvalue weighted by molar-refractivity contribution is 6.06. The van der Waals surface area contributed by atoms with Crippen molar-refractivity contribution in [3.8, 4) is 6.07 Å². The molecule has 0 aliphatic heterocycles. The Bertz CT molecular complexity index is 845. The molecule has 0 fully saturated rings. The molecule has 2 N–H and O–H groups in total. The van der Waals surface area contributed by atoms with Gasteiger partial charge in [-0.1, -0.05) is 63.2 Å². The molecular weight excluding hydrogens is 334 g/mol. The number of hydrogen-bond acceptors (Lipinski definition) is 3. The smallest absolute Gasteiger partial charge is 0.267 e. The van der Waals surface area contributed by atoms with E-state index in [2.05, 4.69) is 55.7 Å². The molecule has 0 saturated carbocycles. The van der Waals surface area contributed by atoms with Crippen LogP contribution in [0, 0.1) is 11.3 Å². The van der Waals surface area contributed by atoms with Gasteiger partial charge in [-0.25, -0.2) is 0 Å². The van der Waals surface area contributed by atoms with E-state index < -0.39 is 5.91 Å². The zero-order valence-corrected chi connectivity index (χ0v) is 16.4. The largest absolute Gasteiger partial charge is 0.383 e. The van der Waals surface area contributed by atoms with Gasteiger partial charge < -0.3 is 10.6 Å². The van der Waals surface area contributed by atoms with Crippen LogP contribution < -0.4 is 10.6 Å². The molecule has 0 bridgehead atoms. The van der Waals surface area contributed by atoms with Gasteiger partial charge in [0.05, 0.1) is 0 Å². The molecule has 140 valence electrons. The summed E-state index contributed by atoms with van der Waals surface area (Å²) in [6.45, 7) is 8.26. The highest BCUT2D eigenvalue weighted by Gasteiger charge is 2.13. The lowest BCUT2D eigenvalue weighted by Crippen LogP contribution is -2.19. The number of para-hydroxylation sites is 1. The summed E-state index contributed by atoms with van der Waals surface area (Å²) in [4.78, 5) is 12.5. The standard InChI is InChI=1S/C23H27N3O/c1-5-18-10-12-19(13-11-18)17(4)25-15-20(14-24)23(27)26-22-9-7-6-8-21(22)16(2)3/h6-13,15-17,25H,5H2,1-4H3,(H,26,27)/b20-15-. The van der Waals surface area contributed by atoms with Gasteiger partial charge in [0, 0.05) is 17.9 Å². The maximum atomic E-state index is 12.5. The van der Waals surface area contributed by atoms with E-state index >= 15 is 0 Å². The second-order valence-corrected chi connectivity index (χ2v) is 6.85. The van der Waals surface area contributed by atoms with E-state index in [1.54, 1.807) is 0 Å². The molecule has 0 radical (unpaired) electrons. The molecule has 0 spiro atoms. The van der Waals surface area contributed by atoms with Gasteiger partial charge in [-0.2, -0.15) is 5.26 Å². The van der Waals surface area contributed by atoms with Gasteiger partial charge in [0.1, 0.15) is 11.6 Å². The molecule has 2 aromatic rings. The number of carbonyl (C=O) groups is 1. The van der Waals surface area contributed by atoms with E-state index in [0.29, 0.717) is 0 Å². The summed E-state index contributed by atoms with van der Waals surface area (Å²) in [7, 11) is 0. The quantitative estimate of drug-likeness (QED) is 0.534. The molecule has 1 amide bonds. The lowest BCUT2D eigenvalue weighted by atomic mass is 10.0. The van der Waals surface area contributed by atoms with Gasteiger partial charge in [-0.05, 0) is 42.0 Å². The minimum atomic E-state index is -0.411. The van der Waals surface area contributed by atoms with Gasteiger partial charge in [-0.3, -0.25) is 4.79 Å². The van der Waals surface area contributed by atoms with Gasteiger partial charge in [0.2, 0.25) is 0 Å². The maximum absolute atomic E-state index is 12.5. The van der Waals surface area contributed by atoms with Crippen LogP contribution in [0.2, 0.25) is 0 Å². The van der Waals surface area contributed by atoms with Crippen molar-refractivity contribution in [1.82, 2.24) is 5.32 Å². The number of nitrogens with zero attached hydrogens (tertiary/aromatic N) is 1. The van der Waals surface area contributed by atoms with E-state index in [-0.39, 0.29) is 17.5 Å². The summed E-state index contributed by atoms with van der Waals surface area (Å²) >= 11 is 0. The summed E-state index contributed by atoms with van der Waals surface area (Å²) < 4.78 is 0. The fourth-order valence-electron chi connectivity index (χ4n) is 2.80. The molecule has 0 aromatic heterocycles. The number of rotatable bonds is 7. The first-order valence-electron chi connectivity index (χ1n) is 9.31. The number of aryl methyl sites for hydroxylation is 1. The zero-order valence-electron chi connectivity index (χ0n) is 16.4. The summed E-state index contributed by atoms with van der Waals surface area (Å²) in [6, 6.07) is 18.0. The highest BCUT2D eigenvalue weighted by atomic mass is 16.1. The van der Waals surface area contributed by atoms with Crippen LogP contribution in [-0.4, -0.2) is 5.91 Å². The van der Waals surface area contributed by atoms with Crippen LogP contribution in [0.25, 0.3) is 0 Å². The molecule has 0 aliphatic rings. The Morgan fingerprint density at radius 3 is 2.37 bits per heavy atom. The van der Waals surface area contributed by atoms with Crippen molar-refractivity contribution >= 4 is 11.6 Å². The molecule has 2 aromatic carbocycles. The topological polar surface area (TPSA) is 64.9 Å². The number of benzene rings is 2. The van der Waals surface area contributed by atoms with Gasteiger partial charge in [0.15, 0.2) is 0 Å². The summed E-state index contributed by atoms with van der Waals surface area (Å²) in [5.74, 6) is -0.133. The first-order chi connectivity index (χ1) is 13.0. The van der Waals surface area contributed by atoms with Crippen molar-refractivity contribution in [1.29, 1.82) is 5.26 Å². The van der Waals surface area contributed by atoms with Crippen LogP contribution >= 0.6 is 0 Å². The van der Waals surface area contributed by atoms with Crippen LogP contribution in [0.1, 0.15) is 56.3 Å². The number of nitrogens with one attached hydrogen (secondary N) is 2. The number of hydrogen-bond donors (Lipinski definition) is 2. The van der Waals surface area contributed by atoms with Crippen molar-refractivity contribution < 1.29 is 4.79 Å². The Kier molecular flexibility index (Phi) is 7.19. The molecule has 0 heterocycles. The number of anilines is 1. The molecule has 27 heavy (non-hydrogen) atoms. The average molecular weight is 361 g/mol. The van der Waals surface area contributed by atoms with E-state index in [1.807, 2.05) is 37.3 Å². The lowest BCUT2D eigenvalue weighted by Gasteiger charge is -2.15. The third-order valence-corrected chi connectivity index (χ3v) is 4.56. The second kappa shape index (κ2) is 9.59. The fraction of sp³-hybridized carbons (Fsp3) is 0.304. The minimum absolute atomic E-state index is 0.00462. The number of nitriles is 1. The summed E-state index contributed by atoms with van der Waals surface area (Å²) in [6.07, 6.45) is 2.49. The Morgan fingerprint density at radius 1 is 1.11 bits per heavy atom. The normalized spacial score (nSPS) is 12.4. The monoisotopic (exact) mass is 361 g/mol. The van der Waals surface area contributed by atoms with Crippen molar-refractivity contribution in [2.24, 2.45) is 0 Å². The maximum Gasteiger partial charge on any atom is 0.267 e. The first kappa shape index (κ1) is 20.3.